The second-order valence-electron chi connectivity index (χ2n) is 10.2. The average Bonchev–Trinajstić information content (AvgIpc) is 3.46. The van der Waals surface area contributed by atoms with Crippen LogP contribution in [0.3, 0.4) is 0 Å². The SMILES string of the molecule is CCOCCCNC(=O)c1ccccc1N1C(=O)C2Cc3c([nH]c4ccccc34)C(c3ccccc3C)N2C1=O. The second kappa shape index (κ2) is 10.6. The van der Waals surface area contributed by atoms with Gasteiger partial charge in [-0.2, -0.15) is 0 Å². The van der Waals surface area contributed by atoms with Crippen LogP contribution in [0.25, 0.3) is 10.9 Å². The van der Waals surface area contributed by atoms with E-state index >= 15 is 0 Å². The Morgan fingerprint density at radius 1 is 1.02 bits per heavy atom. The second-order valence-corrected chi connectivity index (χ2v) is 10.2. The van der Waals surface area contributed by atoms with Gasteiger partial charge in [-0.25, -0.2) is 9.69 Å². The van der Waals surface area contributed by atoms with Crippen molar-refractivity contribution in [2.24, 2.45) is 0 Å². The van der Waals surface area contributed by atoms with E-state index in [1.807, 2.05) is 56.3 Å². The Bertz CT molecular complexity index is 1610. The van der Waals surface area contributed by atoms with Crippen LogP contribution in [-0.2, 0) is 16.0 Å². The van der Waals surface area contributed by atoms with Crippen molar-refractivity contribution in [1.82, 2.24) is 15.2 Å². The first-order valence-electron chi connectivity index (χ1n) is 13.8. The lowest BCUT2D eigenvalue weighted by atomic mass is 9.87. The van der Waals surface area contributed by atoms with Gasteiger partial charge in [0, 0.05) is 42.8 Å². The van der Waals surface area contributed by atoms with Gasteiger partial charge in [0.2, 0.25) is 0 Å². The molecule has 6 rings (SSSR count). The van der Waals surface area contributed by atoms with Crippen LogP contribution in [0.4, 0.5) is 10.5 Å². The molecular weight excluding hydrogens is 504 g/mol. The molecule has 8 heteroatoms. The van der Waals surface area contributed by atoms with E-state index < -0.39 is 18.1 Å². The fraction of sp³-hybridized carbons (Fsp3) is 0.281. The number of anilines is 1. The number of rotatable bonds is 8. The molecule has 0 aliphatic carbocycles. The number of urea groups is 1. The first-order valence-corrected chi connectivity index (χ1v) is 13.8. The molecule has 0 radical (unpaired) electrons. The van der Waals surface area contributed by atoms with Crippen molar-refractivity contribution < 1.29 is 19.1 Å². The van der Waals surface area contributed by atoms with E-state index in [2.05, 4.69) is 16.4 Å². The summed E-state index contributed by atoms with van der Waals surface area (Å²) < 4.78 is 5.35. The minimum Gasteiger partial charge on any atom is -0.382 e. The number of hydrogen-bond donors (Lipinski definition) is 2. The third-order valence-electron chi connectivity index (χ3n) is 7.88. The molecule has 4 amide bonds. The zero-order chi connectivity index (χ0) is 27.8. The third kappa shape index (κ3) is 4.25. The number of H-pyrrole nitrogens is 1. The lowest BCUT2D eigenvalue weighted by Gasteiger charge is -2.36. The number of ether oxygens (including phenoxy) is 1. The van der Waals surface area contributed by atoms with Gasteiger partial charge in [-0.15, -0.1) is 0 Å². The molecule has 0 saturated carbocycles. The highest BCUT2D eigenvalue weighted by Gasteiger charge is 2.53. The van der Waals surface area contributed by atoms with Crippen molar-refractivity contribution in [3.8, 4) is 0 Å². The predicted molar refractivity (Wildman–Crippen MR) is 153 cm³/mol. The Morgan fingerprint density at radius 2 is 1.77 bits per heavy atom. The van der Waals surface area contributed by atoms with Gasteiger partial charge in [-0.1, -0.05) is 54.6 Å². The van der Waals surface area contributed by atoms with Crippen molar-refractivity contribution >= 4 is 34.4 Å². The molecule has 0 bridgehead atoms. The number of aryl methyl sites for hydroxylation is 1. The Balaban J connectivity index is 1.40. The van der Waals surface area contributed by atoms with E-state index in [1.165, 1.54) is 4.90 Å². The van der Waals surface area contributed by atoms with Crippen LogP contribution in [-0.4, -0.2) is 53.5 Å². The van der Waals surface area contributed by atoms with Crippen LogP contribution in [0.2, 0.25) is 0 Å². The highest BCUT2D eigenvalue weighted by molar-refractivity contribution is 6.24. The molecule has 40 heavy (non-hydrogen) atoms. The molecule has 2 aliphatic rings. The standard InChI is InChI=1S/C32H32N4O4/c1-3-40-18-10-17-33-30(37)23-14-7-9-16-26(23)36-31(38)27-19-24-22-13-6-8-15-25(22)34-28(24)29(35(27)32(36)39)21-12-5-4-11-20(21)2/h4-9,11-16,27,29,34H,3,10,17-19H2,1-2H3,(H,33,37). The fourth-order valence-electron chi connectivity index (χ4n) is 5.99. The van der Waals surface area contributed by atoms with Gasteiger partial charge >= 0.3 is 6.03 Å². The van der Waals surface area contributed by atoms with E-state index in [1.54, 1.807) is 29.2 Å². The maximum absolute atomic E-state index is 14.2. The molecule has 1 saturated heterocycles. The van der Waals surface area contributed by atoms with Crippen LogP contribution in [0.1, 0.15) is 52.1 Å². The summed E-state index contributed by atoms with van der Waals surface area (Å²) in [5.41, 5.74) is 5.54. The average molecular weight is 537 g/mol. The number of nitrogens with zero attached hydrogens (tertiary/aromatic N) is 2. The van der Waals surface area contributed by atoms with Crippen LogP contribution < -0.4 is 10.2 Å². The summed E-state index contributed by atoms with van der Waals surface area (Å²) in [6.07, 6.45) is 1.07. The zero-order valence-corrected chi connectivity index (χ0v) is 22.6. The van der Waals surface area contributed by atoms with E-state index in [-0.39, 0.29) is 17.4 Å². The van der Waals surface area contributed by atoms with Gasteiger partial charge in [0.15, 0.2) is 0 Å². The molecule has 204 valence electrons. The highest BCUT2D eigenvalue weighted by atomic mass is 16.5. The van der Waals surface area contributed by atoms with E-state index in [4.69, 9.17) is 4.74 Å². The Labute approximate surface area is 232 Å². The van der Waals surface area contributed by atoms with Gasteiger partial charge < -0.3 is 15.0 Å². The number of benzene rings is 3. The molecule has 8 nitrogen and oxygen atoms in total. The summed E-state index contributed by atoms with van der Waals surface area (Å²) in [5, 5.41) is 3.96. The van der Waals surface area contributed by atoms with Gasteiger partial charge in [0.1, 0.15) is 12.1 Å². The zero-order valence-electron chi connectivity index (χ0n) is 22.6. The normalized spacial score (nSPS) is 18.2. The van der Waals surface area contributed by atoms with Crippen molar-refractivity contribution in [2.45, 2.75) is 38.8 Å². The third-order valence-corrected chi connectivity index (χ3v) is 7.88. The molecule has 1 aromatic heterocycles. The predicted octanol–water partition coefficient (Wildman–Crippen LogP) is 5.12. The number of imide groups is 1. The molecule has 2 unspecified atom stereocenters. The largest absolute Gasteiger partial charge is 0.382 e. The quantitative estimate of drug-likeness (QED) is 0.242. The van der Waals surface area contributed by atoms with Gasteiger partial charge in [-0.3, -0.25) is 14.5 Å². The molecule has 2 N–H and O–H groups in total. The number of carbonyl (C=O) groups is 3. The van der Waals surface area contributed by atoms with Gasteiger partial charge in [-0.05, 0) is 55.2 Å². The number of hydrogen-bond acceptors (Lipinski definition) is 4. The monoisotopic (exact) mass is 536 g/mol. The smallest absolute Gasteiger partial charge is 0.332 e. The summed E-state index contributed by atoms with van der Waals surface area (Å²) in [5.74, 6) is -0.652. The summed E-state index contributed by atoms with van der Waals surface area (Å²) in [7, 11) is 0. The molecular formula is C32H32N4O4. The van der Waals surface area contributed by atoms with Crippen LogP contribution in [0.15, 0.2) is 72.8 Å². The molecule has 2 atom stereocenters. The Hall–Kier alpha value is -4.43. The van der Waals surface area contributed by atoms with Crippen LogP contribution in [0, 0.1) is 6.92 Å². The molecule has 3 heterocycles. The topological polar surface area (TPSA) is 94.7 Å². The number of fused-ring (bicyclic) bond motifs is 4. The summed E-state index contributed by atoms with van der Waals surface area (Å²) in [4.78, 5) is 48.0. The minimum absolute atomic E-state index is 0.289. The van der Waals surface area contributed by atoms with Crippen LogP contribution in [0.5, 0.6) is 0 Å². The molecule has 4 aromatic rings. The van der Waals surface area contributed by atoms with E-state index in [9.17, 15) is 14.4 Å². The summed E-state index contributed by atoms with van der Waals surface area (Å²) in [6.45, 7) is 5.55. The summed E-state index contributed by atoms with van der Waals surface area (Å²) >= 11 is 0. The lowest BCUT2D eigenvalue weighted by molar-refractivity contribution is -0.120. The number of aromatic amines is 1. The molecule has 3 aromatic carbocycles. The number of carbonyl (C=O) groups excluding carboxylic acids is 3. The van der Waals surface area contributed by atoms with Gasteiger partial charge in [0.25, 0.3) is 11.8 Å². The maximum atomic E-state index is 14.2. The molecule has 2 aliphatic heterocycles. The van der Waals surface area contributed by atoms with Crippen molar-refractivity contribution in [3.05, 3.63) is 101 Å². The number of nitrogens with one attached hydrogen (secondary N) is 2. The maximum Gasteiger partial charge on any atom is 0.332 e. The molecule has 1 fully saturated rings. The molecule has 0 spiro atoms. The van der Waals surface area contributed by atoms with E-state index in [0.717, 1.165) is 33.3 Å². The van der Waals surface area contributed by atoms with Crippen molar-refractivity contribution in [2.75, 3.05) is 24.7 Å². The number of para-hydroxylation sites is 2. The first kappa shape index (κ1) is 25.8. The van der Waals surface area contributed by atoms with Gasteiger partial charge in [0.05, 0.1) is 11.3 Å². The van der Waals surface area contributed by atoms with E-state index in [0.29, 0.717) is 38.3 Å². The Morgan fingerprint density at radius 3 is 2.60 bits per heavy atom. The Kier molecular flexibility index (Phi) is 6.86. The lowest BCUT2D eigenvalue weighted by Crippen LogP contribution is -2.44. The van der Waals surface area contributed by atoms with Crippen molar-refractivity contribution in [3.63, 3.8) is 0 Å². The highest BCUT2D eigenvalue weighted by Crippen LogP contribution is 2.45. The van der Waals surface area contributed by atoms with Crippen LogP contribution >= 0.6 is 0 Å². The summed E-state index contributed by atoms with van der Waals surface area (Å²) in [6, 6.07) is 21.2. The first-order chi connectivity index (χ1) is 19.5. The van der Waals surface area contributed by atoms with Crippen molar-refractivity contribution in [1.29, 1.82) is 0 Å². The number of aromatic nitrogens is 1. The minimum atomic E-state index is -0.689. The fourth-order valence-corrected chi connectivity index (χ4v) is 5.99. The number of amides is 4.